The summed E-state index contributed by atoms with van der Waals surface area (Å²) in [5.74, 6) is -0.285. The SMILES string of the molecule is N=C(N)NC[C@H]1CC[C@@H](c2ccc(C(F)(F)F)c(S(N)(=O)=O)c2-c2nnn[nH]2)CC1. The fourth-order valence-corrected chi connectivity index (χ4v) is 4.89. The molecule has 0 amide bonds. The van der Waals surface area contributed by atoms with Crippen molar-refractivity contribution in [2.24, 2.45) is 16.8 Å². The van der Waals surface area contributed by atoms with Gasteiger partial charge in [-0.15, -0.1) is 5.10 Å². The van der Waals surface area contributed by atoms with Gasteiger partial charge in [-0.05, 0) is 59.6 Å². The zero-order valence-corrected chi connectivity index (χ0v) is 16.5. The van der Waals surface area contributed by atoms with E-state index in [1.807, 2.05) is 0 Å². The highest BCUT2D eigenvalue weighted by Gasteiger charge is 2.40. The molecule has 30 heavy (non-hydrogen) atoms. The van der Waals surface area contributed by atoms with Gasteiger partial charge in [0.05, 0.1) is 5.56 Å². The minimum absolute atomic E-state index is 0.127. The maximum Gasteiger partial charge on any atom is 0.417 e. The number of nitrogens with one attached hydrogen (secondary N) is 3. The van der Waals surface area contributed by atoms with E-state index < -0.39 is 26.7 Å². The average Bonchev–Trinajstić information content (AvgIpc) is 3.18. The number of tetrazole rings is 1. The van der Waals surface area contributed by atoms with E-state index in [2.05, 4.69) is 25.9 Å². The van der Waals surface area contributed by atoms with Crippen LogP contribution in [0.5, 0.6) is 0 Å². The number of guanidine groups is 1. The summed E-state index contributed by atoms with van der Waals surface area (Å²) in [4.78, 5) is -1.04. The summed E-state index contributed by atoms with van der Waals surface area (Å²) in [7, 11) is -4.75. The first kappa shape index (κ1) is 22.0. The number of nitrogens with two attached hydrogens (primary N) is 2. The number of aromatic nitrogens is 4. The largest absolute Gasteiger partial charge is 0.417 e. The van der Waals surface area contributed by atoms with Crippen LogP contribution >= 0.6 is 0 Å². The van der Waals surface area contributed by atoms with Crippen molar-refractivity contribution < 1.29 is 21.6 Å². The molecule has 1 saturated carbocycles. The van der Waals surface area contributed by atoms with Crippen LogP contribution < -0.4 is 16.2 Å². The maximum atomic E-state index is 13.6. The van der Waals surface area contributed by atoms with Gasteiger partial charge in [0.25, 0.3) is 0 Å². The maximum absolute atomic E-state index is 13.6. The van der Waals surface area contributed by atoms with E-state index in [-0.39, 0.29) is 29.2 Å². The van der Waals surface area contributed by atoms with Crippen molar-refractivity contribution in [2.45, 2.75) is 42.7 Å². The lowest BCUT2D eigenvalue weighted by Gasteiger charge is -2.30. The highest BCUT2D eigenvalue weighted by atomic mass is 32.2. The summed E-state index contributed by atoms with van der Waals surface area (Å²) in [5, 5.41) is 28.0. The van der Waals surface area contributed by atoms with Crippen LogP contribution in [-0.2, 0) is 16.2 Å². The van der Waals surface area contributed by atoms with Crippen LogP contribution in [0, 0.1) is 11.3 Å². The van der Waals surface area contributed by atoms with E-state index in [9.17, 15) is 21.6 Å². The highest BCUT2D eigenvalue weighted by Crippen LogP contribution is 2.45. The average molecular weight is 446 g/mol. The Morgan fingerprint density at radius 1 is 1.27 bits per heavy atom. The molecular formula is C16H21F3N8O2S. The molecule has 1 fully saturated rings. The number of primary sulfonamides is 1. The fourth-order valence-electron chi connectivity index (χ4n) is 3.90. The number of aromatic amines is 1. The van der Waals surface area contributed by atoms with Crippen LogP contribution in [0.4, 0.5) is 13.2 Å². The van der Waals surface area contributed by atoms with Crippen molar-refractivity contribution in [1.29, 1.82) is 5.41 Å². The molecule has 0 radical (unpaired) electrons. The molecule has 164 valence electrons. The van der Waals surface area contributed by atoms with Crippen LogP contribution in [0.1, 0.15) is 42.7 Å². The Balaban J connectivity index is 2.05. The number of benzene rings is 1. The summed E-state index contributed by atoms with van der Waals surface area (Å²) in [6.45, 7) is 0.524. The number of alkyl halides is 3. The van der Waals surface area contributed by atoms with Gasteiger partial charge in [-0.1, -0.05) is 6.07 Å². The Kier molecular flexibility index (Phi) is 5.99. The van der Waals surface area contributed by atoms with Crippen LogP contribution in [0.3, 0.4) is 0 Å². The molecule has 10 nitrogen and oxygen atoms in total. The third-order valence-corrected chi connectivity index (χ3v) is 6.22. The number of hydrogen-bond donors (Lipinski definition) is 5. The second-order valence-electron chi connectivity index (χ2n) is 7.21. The number of hydrogen-bond acceptors (Lipinski definition) is 6. The van der Waals surface area contributed by atoms with Gasteiger partial charge in [-0.25, -0.2) is 18.7 Å². The molecule has 0 unspecified atom stereocenters. The molecule has 0 bridgehead atoms. The second-order valence-corrected chi connectivity index (χ2v) is 8.71. The molecule has 7 N–H and O–H groups in total. The predicted octanol–water partition coefficient (Wildman–Crippen LogP) is 1.29. The lowest BCUT2D eigenvalue weighted by atomic mass is 9.77. The predicted molar refractivity (Wildman–Crippen MR) is 101 cm³/mol. The van der Waals surface area contributed by atoms with Gasteiger partial charge in [0.2, 0.25) is 10.0 Å². The van der Waals surface area contributed by atoms with E-state index in [4.69, 9.17) is 16.3 Å². The van der Waals surface area contributed by atoms with Crippen molar-refractivity contribution in [1.82, 2.24) is 25.9 Å². The first-order chi connectivity index (χ1) is 14.0. The van der Waals surface area contributed by atoms with Gasteiger partial charge >= 0.3 is 6.18 Å². The molecule has 1 aromatic carbocycles. The van der Waals surface area contributed by atoms with Crippen molar-refractivity contribution in [3.05, 3.63) is 23.3 Å². The third-order valence-electron chi connectivity index (χ3n) is 5.23. The molecule has 14 heteroatoms. The smallest absolute Gasteiger partial charge is 0.370 e. The van der Waals surface area contributed by atoms with Crippen molar-refractivity contribution in [2.75, 3.05) is 6.54 Å². The van der Waals surface area contributed by atoms with Gasteiger partial charge in [-0.2, -0.15) is 13.2 Å². The summed E-state index contributed by atoms with van der Waals surface area (Å²) in [5.41, 5.74) is 4.08. The van der Waals surface area contributed by atoms with Crippen LogP contribution in [-0.4, -0.2) is 41.5 Å². The monoisotopic (exact) mass is 446 g/mol. The molecule has 2 aromatic rings. The van der Waals surface area contributed by atoms with Crippen LogP contribution in [0.25, 0.3) is 11.4 Å². The Morgan fingerprint density at radius 2 is 1.93 bits per heavy atom. The van der Waals surface area contributed by atoms with Crippen molar-refractivity contribution in [3.63, 3.8) is 0 Å². The number of halogens is 3. The lowest BCUT2D eigenvalue weighted by Crippen LogP contribution is -2.35. The molecule has 3 rings (SSSR count). The van der Waals surface area contributed by atoms with Crippen LogP contribution in [0.2, 0.25) is 0 Å². The standard InChI is InChI=1S/C16H21F3N8O2S/c17-16(18,19)11-6-5-10(9-3-1-8(2-4-9)7-23-15(20)21)12(13(11)30(22,28)29)14-24-26-27-25-14/h5-6,8-9H,1-4,7H2,(H4,20,21,23)(H2,22,28,29)(H,24,25,26,27)/t8-,9+. The van der Waals surface area contributed by atoms with Gasteiger partial charge in [0, 0.05) is 12.1 Å². The summed E-state index contributed by atoms with van der Waals surface area (Å²) in [6, 6.07) is 2.01. The minimum Gasteiger partial charge on any atom is -0.370 e. The number of rotatable bonds is 5. The molecule has 1 aromatic heterocycles. The second kappa shape index (κ2) is 8.18. The number of nitrogens with zero attached hydrogens (tertiary/aromatic N) is 3. The minimum atomic E-state index is -4.93. The molecule has 1 aliphatic rings. The molecule has 1 aliphatic carbocycles. The summed E-state index contributed by atoms with van der Waals surface area (Å²) < 4.78 is 65.1. The fraction of sp³-hybridized carbons (Fsp3) is 0.500. The van der Waals surface area contributed by atoms with E-state index >= 15 is 0 Å². The molecule has 0 atom stereocenters. The lowest BCUT2D eigenvalue weighted by molar-refractivity contribution is -0.139. The Bertz CT molecular complexity index is 1020. The topological polar surface area (TPSA) is 177 Å². The van der Waals surface area contributed by atoms with E-state index in [0.717, 1.165) is 18.9 Å². The number of sulfonamides is 1. The summed E-state index contributed by atoms with van der Waals surface area (Å²) in [6.07, 6.45) is -2.27. The van der Waals surface area contributed by atoms with Gasteiger partial charge in [-0.3, -0.25) is 5.41 Å². The zero-order valence-electron chi connectivity index (χ0n) is 15.7. The third kappa shape index (κ3) is 4.70. The van der Waals surface area contributed by atoms with E-state index in [0.29, 0.717) is 24.9 Å². The van der Waals surface area contributed by atoms with Crippen LogP contribution in [0.15, 0.2) is 17.0 Å². The Labute approximate surface area is 170 Å². The first-order valence-electron chi connectivity index (χ1n) is 9.07. The molecule has 1 heterocycles. The molecule has 0 aliphatic heterocycles. The summed E-state index contributed by atoms with van der Waals surface area (Å²) >= 11 is 0. The van der Waals surface area contributed by atoms with Gasteiger partial charge < -0.3 is 11.1 Å². The Hall–Kier alpha value is -2.74. The number of H-pyrrole nitrogens is 1. The molecule has 0 spiro atoms. The Morgan fingerprint density at radius 3 is 2.43 bits per heavy atom. The van der Waals surface area contributed by atoms with E-state index in [1.165, 1.54) is 6.07 Å². The highest BCUT2D eigenvalue weighted by molar-refractivity contribution is 7.89. The van der Waals surface area contributed by atoms with Crippen molar-refractivity contribution >= 4 is 16.0 Å². The van der Waals surface area contributed by atoms with Gasteiger partial charge in [0.15, 0.2) is 11.8 Å². The normalized spacial score (nSPS) is 20.1. The van der Waals surface area contributed by atoms with Crippen molar-refractivity contribution in [3.8, 4) is 11.4 Å². The first-order valence-corrected chi connectivity index (χ1v) is 10.6. The molecular weight excluding hydrogens is 425 g/mol. The van der Waals surface area contributed by atoms with E-state index in [1.54, 1.807) is 0 Å². The quantitative estimate of drug-likeness (QED) is 0.339. The molecule has 0 saturated heterocycles. The zero-order chi connectivity index (χ0) is 22.1. The van der Waals surface area contributed by atoms with Gasteiger partial charge in [0.1, 0.15) is 4.90 Å².